The van der Waals surface area contributed by atoms with Crippen LogP contribution in [0.3, 0.4) is 0 Å². The molecule has 2 heterocycles. The molecule has 1 aromatic heterocycles. The van der Waals surface area contributed by atoms with Crippen LogP contribution < -0.4 is 0 Å². The highest BCUT2D eigenvalue weighted by Gasteiger charge is 2.33. The van der Waals surface area contributed by atoms with Crippen LogP contribution >= 0.6 is 0 Å². The van der Waals surface area contributed by atoms with E-state index in [0.717, 1.165) is 45.4 Å². The molecule has 2 fully saturated rings. The van der Waals surface area contributed by atoms with Gasteiger partial charge in [0.25, 0.3) is 5.91 Å². The maximum absolute atomic E-state index is 12.6. The Bertz CT molecular complexity index is 555. The Hall–Kier alpha value is -1.40. The first-order valence-corrected chi connectivity index (χ1v) is 8.63. The molecule has 0 aromatic carbocycles. The van der Waals surface area contributed by atoms with Crippen LogP contribution in [0.5, 0.6) is 0 Å². The number of aliphatic hydroxyl groups is 1. The number of amides is 1. The first kappa shape index (κ1) is 16.5. The molecule has 128 valence electrons. The highest BCUT2D eigenvalue weighted by atomic mass is 16.3. The van der Waals surface area contributed by atoms with E-state index in [2.05, 4.69) is 30.8 Å². The van der Waals surface area contributed by atoms with Crippen LogP contribution in [0.25, 0.3) is 0 Å². The highest BCUT2D eigenvalue weighted by Crippen LogP contribution is 2.25. The normalized spacial score (nSPS) is 26.7. The van der Waals surface area contributed by atoms with Gasteiger partial charge in [0.2, 0.25) is 0 Å². The maximum atomic E-state index is 12.6. The van der Waals surface area contributed by atoms with Crippen LogP contribution in [0.15, 0.2) is 12.4 Å². The van der Waals surface area contributed by atoms with E-state index in [9.17, 15) is 9.90 Å². The third-order valence-electron chi connectivity index (χ3n) is 5.03. The number of hydrogen-bond acceptors (Lipinski definition) is 4. The van der Waals surface area contributed by atoms with Crippen molar-refractivity contribution < 1.29 is 9.90 Å². The third-order valence-corrected chi connectivity index (χ3v) is 5.03. The van der Waals surface area contributed by atoms with Gasteiger partial charge in [0, 0.05) is 38.4 Å². The van der Waals surface area contributed by atoms with E-state index in [4.69, 9.17) is 0 Å². The maximum Gasteiger partial charge on any atom is 0.257 e. The lowest BCUT2D eigenvalue weighted by Crippen LogP contribution is -2.53. The Balaban J connectivity index is 1.59. The fourth-order valence-corrected chi connectivity index (χ4v) is 3.59. The molecule has 2 atom stereocenters. The van der Waals surface area contributed by atoms with Gasteiger partial charge < -0.3 is 10.0 Å². The summed E-state index contributed by atoms with van der Waals surface area (Å²) in [7, 11) is 0. The van der Waals surface area contributed by atoms with Crippen LogP contribution in [0.1, 0.15) is 50.4 Å². The summed E-state index contributed by atoms with van der Waals surface area (Å²) in [5.74, 6) is 0.0621. The Morgan fingerprint density at radius 1 is 1.22 bits per heavy atom. The first-order valence-electron chi connectivity index (χ1n) is 8.63. The topological polar surface area (TPSA) is 61.6 Å². The van der Waals surface area contributed by atoms with Crippen molar-refractivity contribution in [2.45, 2.75) is 57.7 Å². The molecule has 3 rings (SSSR count). The number of carbonyl (C=O) groups excluding carboxylic acids is 1. The molecule has 23 heavy (non-hydrogen) atoms. The molecular weight excluding hydrogens is 292 g/mol. The van der Waals surface area contributed by atoms with Crippen molar-refractivity contribution >= 4 is 5.91 Å². The molecule has 6 nitrogen and oxygen atoms in total. The van der Waals surface area contributed by atoms with Crippen molar-refractivity contribution in [3.05, 3.63) is 18.0 Å². The summed E-state index contributed by atoms with van der Waals surface area (Å²) in [6.45, 7) is 9.35. The fourth-order valence-electron chi connectivity index (χ4n) is 3.59. The molecule has 1 saturated carbocycles. The molecule has 6 heteroatoms. The predicted octanol–water partition coefficient (Wildman–Crippen LogP) is 1.31. The van der Waals surface area contributed by atoms with Crippen LogP contribution in [0, 0.1) is 0 Å². The van der Waals surface area contributed by atoms with E-state index in [-0.39, 0.29) is 23.6 Å². The summed E-state index contributed by atoms with van der Waals surface area (Å²) in [4.78, 5) is 16.9. The van der Waals surface area contributed by atoms with Crippen molar-refractivity contribution in [3.63, 3.8) is 0 Å². The Morgan fingerprint density at radius 3 is 2.43 bits per heavy atom. The smallest absolute Gasteiger partial charge is 0.257 e. The number of rotatable bonds is 2. The summed E-state index contributed by atoms with van der Waals surface area (Å²) in [6.07, 6.45) is 6.42. The molecule has 1 aliphatic carbocycles. The van der Waals surface area contributed by atoms with E-state index < -0.39 is 0 Å². The molecule has 1 aromatic rings. The SMILES string of the molecule is CC(C)(C)n1cc(C(=O)N2CCN([C@H]3CCC[C@H]3O)CC2)cn1. The number of nitrogens with zero attached hydrogens (tertiary/aromatic N) is 4. The minimum Gasteiger partial charge on any atom is -0.391 e. The lowest BCUT2D eigenvalue weighted by molar-refractivity contribution is 0.0315. The minimum absolute atomic E-state index is 0.0621. The van der Waals surface area contributed by atoms with Gasteiger partial charge in [-0.15, -0.1) is 0 Å². The standard InChI is InChI=1S/C17H28N4O2/c1-17(2,3)21-12-13(11-18-21)16(23)20-9-7-19(8-10-20)14-5-4-6-15(14)22/h11-12,14-15,22H,4-10H2,1-3H3/t14-,15+/m0/s1. The van der Waals surface area contributed by atoms with Gasteiger partial charge in [-0.3, -0.25) is 14.4 Å². The third kappa shape index (κ3) is 3.43. The quantitative estimate of drug-likeness (QED) is 0.892. The highest BCUT2D eigenvalue weighted by molar-refractivity contribution is 5.93. The zero-order valence-corrected chi connectivity index (χ0v) is 14.4. The van der Waals surface area contributed by atoms with Crippen LogP contribution in [0.4, 0.5) is 0 Å². The van der Waals surface area contributed by atoms with Gasteiger partial charge in [-0.2, -0.15) is 5.10 Å². The molecule has 0 radical (unpaired) electrons. The molecule has 0 spiro atoms. The largest absolute Gasteiger partial charge is 0.391 e. The first-order chi connectivity index (χ1) is 10.9. The molecule has 1 amide bonds. The zero-order valence-electron chi connectivity index (χ0n) is 14.4. The van der Waals surface area contributed by atoms with E-state index in [1.807, 2.05) is 15.8 Å². The van der Waals surface area contributed by atoms with Crippen molar-refractivity contribution in [2.75, 3.05) is 26.2 Å². The summed E-state index contributed by atoms with van der Waals surface area (Å²) < 4.78 is 1.84. The van der Waals surface area contributed by atoms with Gasteiger partial charge in [-0.1, -0.05) is 0 Å². The molecule has 2 aliphatic rings. The van der Waals surface area contributed by atoms with Gasteiger partial charge in [-0.25, -0.2) is 0 Å². The van der Waals surface area contributed by atoms with Crippen LogP contribution in [0.2, 0.25) is 0 Å². The van der Waals surface area contributed by atoms with E-state index >= 15 is 0 Å². The Kier molecular flexibility index (Phi) is 4.47. The number of carbonyl (C=O) groups is 1. The zero-order chi connectivity index (χ0) is 16.6. The molecule has 1 saturated heterocycles. The number of piperazine rings is 1. The van der Waals surface area contributed by atoms with Crippen molar-refractivity contribution in [3.8, 4) is 0 Å². The molecule has 0 bridgehead atoms. The van der Waals surface area contributed by atoms with Gasteiger partial charge in [-0.05, 0) is 40.0 Å². The second kappa shape index (κ2) is 6.24. The molecule has 0 unspecified atom stereocenters. The average Bonchev–Trinajstić information content (AvgIpc) is 3.15. The summed E-state index contributed by atoms with van der Waals surface area (Å²) in [5, 5.41) is 14.4. The van der Waals surface area contributed by atoms with Crippen LogP contribution in [-0.4, -0.2) is 68.9 Å². The predicted molar refractivity (Wildman–Crippen MR) is 88.3 cm³/mol. The van der Waals surface area contributed by atoms with Gasteiger partial charge in [0.05, 0.1) is 23.4 Å². The van der Waals surface area contributed by atoms with E-state index in [1.54, 1.807) is 6.20 Å². The number of aliphatic hydroxyl groups excluding tert-OH is 1. The van der Waals surface area contributed by atoms with Crippen molar-refractivity contribution in [2.24, 2.45) is 0 Å². The summed E-state index contributed by atoms with van der Waals surface area (Å²) >= 11 is 0. The second-order valence-corrected chi connectivity index (χ2v) is 7.74. The van der Waals surface area contributed by atoms with Gasteiger partial charge in [0.15, 0.2) is 0 Å². The molecule has 1 aliphatic heterocycles. The van der Waals surface area contributed by atoms with Crippen molar-refractivity contribution in [1.82, 2.24) is 19.6 Å². The van der Waals surface area contributed by atoms with Crippen molar-refractivity contribution in [1.29, 1.82) is 0 Å². The van der Waals surface area contributed by atoms with Crippen LogP contribution in [-0.2, 0) is 5.54 Å². The number of aromatic nitrogens is 2. The fraction of sp³-hybridized carbons (Fsp3) is 0.765. The average molecular weight is 320 g/mol. The Labute approximate surface area is 138 Å². The molecule has 1 N–H and O–H groups in total. The summed E-state index contributed by atoms with van der Waals surface area (Å²) in [6, 6.07) is 0.288. The monoisotopic (exact) mass is 320 g/mol. The second-order valence-electron chi connectivity index (χ2n) is 7.74. The minimum atomic E-state index is -0.192. The molecular formula is C17H28N4O2. The lowest BCUT2D eigenvalue weighted by Gasteiger charge is -2.39. The van der Waals surface area contributed by atoms with E-state index in [0.29, 0.717) is 5.56 Å². The van der Waals surface area contributed by atoms with Gasteiger partial charge in [0.1, 0.15) is 0 Å². The lowest BCUT2D eigenvalue weighted by atomic mass is 10.1. The Morgan fingerprint density at radius 2 is 1.91 bits per heavy atom. The van der Waals surface area contributed by atoms with E-state index in [1.165, 1.54) is 0 Å². The number of hydrogen-bond donors (Lipinski definition) is 1. The van der Waals surface area contributed by atoms with Gasteiger partial charge >= 0.3 is 0 Å². The summed E-state index contributed by atoms with van der Waals surface area (Å²) in [5.41, 5.74) is 0.546.